The monoisotopic (exact) mass is 368 g/mol. The maximum atomic E-state index is 11.5. The Hall–Kier alpha value is -0.860. The normalized spacial score (nSPS) is 11.9. The van der Waals surface area contributed by atoms with Crippen LogP contribution in [0.2, 0.25) is 5.02 Å². The molecule has 0 aliphatic rings. The molecule has 1 aromatic carbocycles. The fraction of sp³-hybridized carbons (Fsp3) is 0.200. The molecule has 1 amide bonds. The summed E-state index contributed by atoms with van der Waals surface area (Å²) < 4.78 is 0.756. The summed E-state index contributed by atoms with van der Waals surface area (Å²) in [5.41, 5.74) is 5.98. The fourth-order valence-electron chi connectivity index (χ4n) is 1.10. The first kappa shape index (κ1) is 14.2. The van der Waals surface area contributed by atoms with Gasteiger partial charge >= 0.3 is 5.97 Å². The number of carbonyl (C=O) groups is 2. The summed E-state index contributed by atoms with van der Waals surface area (Å²) in [5, 5.41) is 11.6. The lowest BCUT2D eigenvalue weighted by Crippen LogP contribution is -2.37. The van der Waals surface area contributed by atoms with Crippen molar-refractivity contribution in [2.75, 3.05) is 5.32 Å². The van der Waals surface area contributed by atoms with E-state index in [1.807, 2.05) is 22.6 Å². The highest BCUT2D eigenvalue weighted by molar-refractivity contribution is 14.1. The van der Waals surface area contributed by atoms with Crippen molar-refractivity contribution in [3.05, 3.63) is 26.8 Å². The Kier molecular flexibility index (Phi) is 5.16. The average molecular weight is 369 g/mol. The van der Waals surface area contributed by atoms with Crippen molar-refractivity contribution < 1.29 is 14.7 Å². The van der Waals surface area contributed by atoms with Crippen LogP contribution in [0, 0.1) is 3.57 Å². The van der Waals surface area contributed by atoms with Crippen molar-refractivity contribution in [3.63, 3.8) is 0 Å². The first-order valence-electron chi connectivity index (χ1n) is 4.63. The van der Waals surface area contributed by atoms with Crippen molar-refractivity contribution in [1.29, 1.82) is 0 Å². The molecule has 5 nitrogen and oxygen atoms in total. The molecular formula is C10H10ClIN2O3. The standard InChI is InChI=1S/C10H10ClIN2O3/c11-5-1-2-8(6(12)3-5)14-10(17)7(13)4-9(15)16/h1-3,7H,4,13H2,(H,14,17)(H,15,16). The zero-order valence-electron chi connectivity index (χ0n) is 8.61. The lowest BCUT2D eigenvalue weighted by molar-refractivity contribution is -0.138. The predicted molar refractivity (Wildman–Crippen MR) is 73.0 cm³/mol. The maximum absolute atomic E-state index is 11.5. The topological polar surface area (TPSA) is 92.4 Å². The van der Waals surface area contributed by atoms with Crippen molar-refractivity contribution >= 4 is 51.8 Å². The molecule has 1 rings (SSSR count). The molecule has 0 spiro atoms. The third-order valence-corrected chi connectivity index (χ3v) is 3.05. The summed E-state index contributed by atoms with van der Waals surface area (Å²) in [4.78, 5) is 21.9. The molecule has 0 bridgehead atoms. The molecule has 0 saturated carbocycles. The molecule has 0 radical (unpaired) electrons. The Balaban J connectivity index is 2.71. The Bertz CT molecular complexity index is 453. The van der Waals surface area contributed by atoms with Crippen LogP contribution in [0.3, 0.4) is 0 Å². The van der Waals surface area contributed by atoms with E-state index in [4.69, 9.17) is 22.4 Å². The molecule has 1 unspecified atom stereocenters. The van der Waals surface area contributed by atoms with Gasteiger partial charge in [-0.25, -0.2) is 0 Å². The zero-order chi connectivity index (χ0) is 13.0. The van der Waals surface area contributed by atoms with E-state index in [9.17, 15) is 9.59 Å². The third-order valence-electron chi connectivity index (χ3n) is 1.92. The van der Waals surface area contributed by atoms with Gasteiger partial charge in [0.2, 0.25) is 5.91 Å². The number of rotatable bonds is 4. The second kappa shape index (κ2) is 6.18. The second-order valence-electron chi connectivity index (χ2n) is 3.32. The molecule has 0 aliphatic carbocycles. The molecule has 0 heterocycles. The van der Waals surface area contributed by atoms with Crippen molar-refractivity contribution in [2.45, 2.75) is 12.5 Å². The zero-order valence-corrected chi connectivity index (χ0v) is 11.5. The van der Waals surface area contributed by atoms with Crippen LogP contribution < -0.4 is 11.1 Å². The second-order valence-corrected chi connectivity index (χ2v) is 4.92. The molecule has 0 aliphatic heterocycles. The van der Waals surface area contributed by atoms with Crippen LogP contribution >= 0.6 is 34.2 Å². The summed E-state index contributed by atoms with van der Waals surface area (Å²) in [6, 6.07) is 3.87. The molecule has 0 fully saturated rings. The maximum Gasteiger partial charge on any atom is 0.305 e. The lowest BCUT2D eigenvalue weighted by atomic mass is 10.2. The van der Waals surface area contributed by atoms with Gasteiger partial charge in [-0.1, -0.05) is 11.6 Å². The number of halogens is 2. The van der Waals surface area contributed by atoms with Gasteiger partial charge in [0.05, 0.1) is 18.2 Å². The molecule has 17 heavy (non-hydrogen) atoms. The van der Waals surface area contributed by atoms with Gasteiger partial charge in [0.25, 0.3) is 0 Å². The molecule has 0 saturated heterocycles. The van der Waals surface area contributed by atoms with E-state index in [1.54, 1.807) is 18.2 Å². The van der Waals surface area contributed by atoms with Gasteiger partial charge in [-0.2, -0.15) is 0 Å². The van der Waals surface area contributed by atoms with Crippen molar-refractivity contribution in [1.82, 2.24) is 0 Å². The smallest absolute Gasteiger partial charge is 0.305 e. The Labute approximate surface area is 116 Å². The van der Waals surface area contributed by atoms with Crippen LogP contribution in [-0.2, 0) is 9.59 Å². The SMILES string of the molecule is NC(CC(=O)O)C(=O)Nc1ccc(Cl)cc1I. The number of anilines is 1. The number of aliphatic carboxylic acids is 1. The Morgan fingerprint density at radius 2 is 2.18 bits per heavy atom. The third kappa shape index (κ3) is 4.49. The largest absolute Gasteiger partial charge is 0.481 e. The summed E-state index contributed by atoms with van der Waals surface area (Å²) >= 11 is 7.78. The minimum Gasteiger partial charge on any atom is -0.481 e. The summed E-state index contributed by atoms with van der Waals surface area (Å²) in [7, 11) is 0. The quantitative estimate of drug-likeness (QED) is 0.705. The Morgan fingerprint density at radius 3 is 2.71 bits per heavy atom. The molecule has 1 atom stereocenters. The van der Waals surface area contributed by atoms with E-state index in [-0.39, 0.29) is 0 Å². The van der Waals surface area contributed by atoms with Gasteiger partial charge in [0.15, 0.2) is 0 Å². The van der Waals surface area contributed by atoms with Gasteiger partial charge in [0, 0.05) is 8.59 Å². The average Bonchev–Trinajstić information content (AvgIpc) is 2.21. The summed E-state index contributed by atoms with van der Waals surface area (Å²) in [5.74, 6) is -1.65. The number of nitrogens with two attached hydrogens (primary N) is 1. The van der Waals surface area contributed by atoms with Crippen LogP contribution in [0.4, 0.5) is 5.69 Å². The number of amides is 1. The van der Waals surface area contributed by atoms with Gasteiger partial charge in [-0.15, -0.1) is 0 Å². The minimum atomic E-state index is -1.11. The van der Waals surface area contributed by atoms with Crippen LogP contribution in [0.15, 0.2) is 18.2 Å². The number of carbonyl (C=O) groups excluding carboxylic acids is 1. The lowest BCUT2D eigenvalue weighted by Gasteiger charge is -2.11. The first-order valence-corrected chi connectivity index (χ1v) is 6.09. The number of carboxylic acids is 1. The van der Waals surface area contributed by atoms with Crippen LogP contribution in [-0.4, -0.2) is 23.0 Å². The molecule has 4 N–H and O–H groups in total. The fourth-order valence-corrected chi connectivity index (χ4v) is 2.10. The van der Waals surface area contributed by atoms with E-state index in [2.05, 4.69) is 5.32 Å². The van der Waals surface area contributed by atoms with Crippen molar-refractivity contribution in [3.8, 4) is 0 Å². The van der Waals surface area contributed by atoms with Crippen LogP contribution in [0.1, 0.15) is 6.42 Å². The molecule has 7 heteroatoms. The van der Waals surface area contributed by atoms with E-state index in [0.29, 0.717) is 10.7 Å². The van der Waals surface area contributed by atoms with Crippen LogP contribution in [0.25, 0.3) is 0 Å². The van der Waals surface area contributed by atoms with E-state index in [0.717, 1.165) is 3.57 Å². The first-order chi connectivity index (χ1) is 7.90. The highest BCUT2D eigenvalue weighted by Crippen LogP contribution is 2.22. The minimum absolute atomic E-state index is 0.407. The van der Waals surface area contributed by atoms with Gasteiger partial charge in [-0.3, -0.25) is 9.59 Å². The highest BCUT2D eigenvalue weighted by atomic mass is 127. The number of hydrogen-bond donors (Lipinski definition) is 3. The number of hydrogen-bond acceptors (Lipinski definition) is 3. The van der Waals surface area contributed by atoms with Gasteiger partial charge in [-0.05, 0) is 40.8 Å². The predicted octanol–water partition coefficient (Wildman–Crippen LogP) is 1.69. The number of benzene rings is 1. The van der Waals surface area contributed by atoms with E-state index >= 15 is 0 Å². The van der Waals surface area contributed by atoms with Crippen molar-refractivity contribution in [2.24, 2.45) is 5.73 Å². The van der Waals surface area contributed by atoms with Gasteiger partial charge < -0.3 is 16.2 Å². The van der Waals surface area contributed by atoms with Gasteiger partial charge in [0.1, 0.15) is 0 Å². The van der Waals surface area contributed by atoms with E-state index < -0.39 is 24.3 Å². The van der Waals surface area contributed by atoms with E-state index in [1.165, 1.54) is 0 Å². The molecular weight excluding hydrogens is 358 g/mol. The van der Waals surface area contributed by atoms with Crippen LogP contribution in [0.5, 0.6) is 0 Å². The molecule has 1 aromatic rings. The Morgan fingerprint density at radius 1 is 1.53 bits per heavy atom. The molecule has 0 aromatic heterocycles. The summed E-state index contributed by atoms with van der Waals surface area (Å²) in [6.07, 6.45) is -0.407. The summed E-state index contributed by atoms with van der Waals surface area (Å²) in [6.45, 7) is 0. The number of carboxylic acid groups (broad SMARTS) is 1. The molecule has 92 valence electrons. The number of nitrogens with one attached hydrogen (secondary N) is 1. The highest BCUT2D eigenvalue weighted by Gasteiger charge is 2.17.